The van der Waals surface area contributed by atoms with Crippen LogP contribution in [0.5, 0.6) is 11.5 Å². The maximum Gasteiger partial charge on any atom is 0.163 e. The van der Waals surface area contributed by atoms with E-state index < -0.39 is 0 Å². The van der Waals surface area contributed by atoms with Crippen molar-refractivity contribution in [3.05, 3.63) is 22.3 Å². The third-order valence-corrected chi connectivity index (χ3v) is 3.27. The molecular weight excluding hydrogens is 218 g/mol. The number of Topliss-reactive ketones (excluding diaryl/α,β-unsaturated/α-hetero) is 1. The molecule has 17 heavy (non-hydrogen) atoms. The first-order valence-corrected chi connectivity index (χ1v) is 5.62. The van der Waals surface area contributed by atoms with Gasteiger partial charge in [-0.15, -0.1) is 0 Å². The van der Waals surface area contributed by atoms with Gasteiger partial charge in [-0.05, 0) is 6.92 Å². The number of carbonyl (C=O) groups excluding carboxylic acids is 1. The summed E-state index contributed by atoms with van der Waals surface area (Å²) in [5.41, 5.74) is 2.84. The minimum absolute atomic E-state index is 0.0191. The predicted molar refractivity (Wildman–Crippen MR) is 59.6 cm³/mol. The van der Waals surface area contributed by atoms with E-state index in [-0.39, 0.29) is 5.78 Å². The van der Waals surface area contributed by atoms with E-state index in [9.17, 15) is 10.1 Å². The highest BCUT2D eigenvalue weighted by Gasteiger charge is 2.32. The van der Waals surface area contributed by atoms with Crippen LogP contribution in [0.4, 0.5) is 0 Å². The van der Waals surface area contributed by atoms with Crippen LogP contribution in [-0.4, -0.2) is 19.0 Å². The molecule has 0 saturated heterocycles. The maximum absolute atomic E-state index is 11.7. The summed E-state index contributed by atoms with van der Waals surface area (Å²) >= 11 is 0. The molecule has 1 aromatic carbocycles. The fraction of sp³-hybridized carbons (Fsp3) is 0.385. The van der Waals surface area contributed by atoms with E-state index in [2.05, 4.69) is 6.07 Å². The van der Waals surface area contributed by atoms with Crippen LogP contribution < -0.4 is 9.47 Å². The third kappa shape index (κ3) is 1.26. The normalized spacial score (nSPS) is 15.5. The summed E-state index contributed by atoms with van der Waals surface area (Å²) in [6.45, 7) is 2.60. The van der Waals surface area contributed by atoms with Crippen molar-refractivity contribution in [2.45, 2.75) is 19.8 Å². The second-order valence-corrected chi connectivity index (χ2v) is 4.23. The molecule has 1 aromatic rings. The van der Waals surface area contributed by atoms with E-state index in [1.807, 2.05) is 0 Å². The Bertz CT molecular complexity index is 534. The van der Waals surface area contributed by atoms with Crippen LogP contribution in [-0.2, 0) is 12.8 Å². The number of hydrogen-bond acceptors (Lipinski definition) is 4. The Balaban J connectivity index is 2.39. The molecule has 0 spiro atoms. The van der Waals surface area contributed by atoms with Crippen molar-refractivity contribution in [2.24, 2.45) is 0 Å². The van der Waals surface area contributed by atoms with Crippen LogP contribution >= 0.6 is 0 Å². The maximum atomic E-state index is 11.7. The van der Waals surface area contributed by atoms with Crippen molar-refractivity contribution < 1.29 is 14.3 Å². The topological polar surface area (TPSA) is 59.3 Å². The van der Waals surface area contributed by atoms with Crippen molar-refractivity contribution in [1.29, 1.82) is 5.26 Å². The van der Waals surface area contributed by atoms with Gasteiger partial charge in [-0.1, -0.05) is 0 Å². The van der Waals surface area contributed by atoms with Gasteiger partial charge in [0.15, 0.2) is 5.78 Å². The van der Waals surface area contributed by atoms with Gasteiger partial charge in [0, 0.05) is 24.0 Å². The van der Waals surface area contributed by atoms with Gasteiger partial charge < -0.3 is 9.47 Å². The zero-order valence-electron chi connectivity index (χ0n) is 9.50. The number of ether oxygens (including phenoxy) is 2. The number of ketones is 1. The highest BCUT2D eigenvalue weighted by atomic mass is 16.5. The van der Waals surface area contributed by atoms with Crippen LogP contribution in [0.2, 0.25) is 0 Å². The summed E-state index contributed by atoms with van der Waals surface area (Å²) in [7, 11) is 0. The molecule has 4 nitrogen and oxygen atoms in total. The summed E-state index contributed by atoms with van der Waals surface area (Å²) in [5, 5.41) is 9.22. The molecule has 0 saturated carbocycles. The van der Waals surface area contributed by atoms with E-state index in [0.29, 0.717) is 48.7 Å². The second-order valence-electron chi connectivity index (χ2n) is 4.23. The molecule has 2 aliphatic rings. The Morgan fingerprint density at radius 2 is 1.82 bits per heavy atom. The van der Waals surface area contributed by atoms with E-state index in [0.717, 1.165) is 11.1 Å². The van der Waals surface area contributed by atoms with Crippen LogP contribution in [0.25, 0.3) is 0 Å². The molecule has 0 fully saturated rings. The summed E-state index contributed by atoms with van der Waals surface area (Å²) in [6.07, 6.45) is 1.35. The summed E-state index contributed by atoms with van der Waals surface area (Å²) in [5.74, 6) is 1.19. The van der Waals surface area contributed by atoms with Crippen LogP contribution in [0, 0.1) is 11.3 Å². The fourth-order valence-corrected chi connectivity index (χ4v) is 2.60. The van der Waals surface area contributed by atoms with Gasteiger partial charge in [-0.3, -0.25) is 4.79 Å². The van der Waals surface area contributed by atoms with Crippen LogP contribution in [0.15, 0.2) is 0 Å². The van der Waals surface area contributed by atoms with Gasteiger partial charge >= 0.3 is 0 Å². The van der Waals surface area contributed by atoms with Crippen molar-refractivity contribution in [1.82, 2.24) is 0 Å². The second kappa shape index (κ2) is 3.49. The number of carbonyl (C=O) groups is 1. The number of rotatable bonds is 1. The van der Waals surface area contributed by atoms with E-state index >= 15 is 0 Å². The number of hydrogen-bond donors (Lipinski definition) is 0. The lowest BCUT2D eigenvalue weighted by Crippen LogP contribution is -2.03. The summed E-state index contributed by atoms with van der Waals surface area (Å²) in [4.78, 5) is 11.7. The molecule has 0 bridgehead atoms. The molecule has 2 heterocycles. The molecule has 3 rings (SSSR count). The zero-order valence-corrected chi connectivity index (χ0v) is 9.50. The Morgan fingerprint density at radius 1 is 1.18 bits per heavy atom. The summed E-state index contributed by atoms with van der Waals surface area (Å²) < 4.78 is 11.0. The first-order valence-electron chi connectivity index (χ1n) is 5.62. The van der Waals surface area contributed by atoms with Gasteiger partial charge in [0.05, 0.1) is 18.8 Å². The smallest absolute Gasteiger partial charge is 0.163 e. The monoisotopic (exact) mass is 229 g/mol. The Labute approximate surface area is 98.8 Å². The largest absolute Gasteiger partial charge is 0.492 e. The minimum Gasteiger partial charge on any atom is -0.492 e. The zero-order chi connectivity index (χ0) is 12.0. The van der Waals surface area contributed by atoms with E-state index in [1.165, 1.54) is 6.92 Å². The van der Waals surface area contributed by atoms with Gasteiger partial charge in [-0.2, -0.15) is 5.26 Å². The highest BCUT2D eigenvalue weighted by molar-refractivity contribution is 6.00. The average molecular weight is 229 g/mol. The molecule has 2 aliphatic heterocycles. The number of nitrogens with zero attached hydrogens (tertiary/aromatic N) is 1. The third-order valence-electron chi connectivity index (χ3n) is 3.27. The SMILES string of the molecule is CC(=O)c1c2c(c(C#N)c3c1OCC3)OCC2. The van der Waals surface area contributed by atoms with Crippen molar-refractivity contribution >= 4 is 5.78 Å². The number of fused-ring (bicyclic) bond motifs is 2. The quantitative estimate of drug-likeness (QED) is 0.687. The van der Waals surface area contributed by atoms with Gasteiger partial charge in [0.1, 0.15) is 23.1 Å². The molecule has 86 valence electrons. The Hall–Kier alpha value is -2.02. The number of nitriles is 1. The molecule has 0 unspecified atom stereocenters. The fourth-order valence-electron chi connectivity index (χ4n) is 2.60. The molecule has 0 amide bonds. The highest BCUT2D eigenvalue weighted by Crippen LogP contribution is 2.44. The molecule has 0 atom stereocenters. The molecule has 0 aliphatic carbocycles. The van der Waals surface area contributed by atoms with Crippen molar-refractivity contribution in [3.8, 4) is 17.6 Å². The molecular formula is C13H11NO3. The van der Waals surface area contributed by atoms with Crippen molar-refractivity contribution in [2.75, 3.05) is 13.2 Å². The first kappa shape index (κ1) is 10.2. The lowest BCUT2D eigenvalue weighted by atomic mass is 9.93. The molecule has 0 N–H and O–H groups in total. The molecule has 0 aromatic heterocycles. The molecule has 4 heteroatoms. The minimum atomic E-state index is -0.0191. The van der Waals surface area contributed by atoms with Crippen LogP contribution in [0.1, 0.15) is 34.0 Å². The molecule has 0 radical (unpaired) electrons. The predicted octanol–water partition coefficient (Wildman–Crippen LogP) is 1.63. The first-order chi connectivity index (χ1) is 8.24. The van der Waals surface area contributed by atoms with Gasteiger partial charge in [0.2, 0.25) is 0 Å². The average Bonchev–Trinajstić information content (AvgIpc) is 2.92. The Morgan fingerprint density at radius 3 is 2.47 bits per heavy atom. The van der Waals surface area contributed by atoms with Gasteiger partial charge in [-0.25, -0.2) is 0 Å². The lowest BCUT2D eigenvalue weighted by Gasteiger charge is -2.12. The van der Waals surface area contributed by atoms with Gasteiger partial charge in [0.25, 0.3) is 0 Å². The summed E-state index contributed by atoms with van der Waals surface area (Å²) in [6, 6.07) is 2.18. The van der Waals surface area contributed by atoms with E-state index in [1.54, 1.807) is 0 Å². The van der Waals surface area contributed by atoms with Crippen LogP contribution in [0.3, 0.4) is 0 Å². The Kier molecular flexibility index (Phi) is 2.08. The van der Waals surface area contributed by atoms with E-state index in [4.69, 9.17) is 9.47 Å². The van der Waals surface area contributed by atoms with Crippen molar-refractivity contribution in [3.63, 3.8) is 0 Å². The number of benzene rings is 1. The lowest BCUT2D eigenvalue weighted by molar-refractivity contribution is 0.101. The standard InChI is InChI=1S/C13H11NO3/c1-7(15)11-9-3-5-16-12(9)10(6-14)8-2-4-17-13(8)11/h2-5H2,1H3.